The number of nitrogens with one attached hydrogen (secondary N) is 1. The first-order valence-electron chi connectivity index (χ1n) is 6.16. The van der Waals surface area contributed by atoms with Crippen molar-refractivity contribution in [3.05, 3.63) is 28.8 Å². The smallest absolute Gasteiger partial charge is 0.208 e. The van der Waals surface area contributed by atoms with Gasteiger partial charge in [0.25, 0.3) is 0 Å². The number of aromatic nitrogens is 2. The molecule has 0 aliphatic heterocycles. The van der Waals surface area contributed by atoms with Gasteiger partial charge in [-0.15, -0.1) is 11.6 Å². The van der Waals surface area contributed by atoms with Crippen molar-refractivity contribution in [1.29, 1.82) is 0 Å². The number of imidazole rings is 1. The fraction of sp³-hybridized carbons (Fsp3) is 0.417. The molecular weight excluding hydrogens is 340 g/mol. The van der Waals surface area contributed by atoms with E-state index in [1.54, 1.807) is 4.57 Å². The van der Waals surface area contributed by atoms with Gasteiger partial charge in [-0.3, -0.25) is 0 Å². The standard InChI is InChI=1S/C12H14Cl2FN3O2S/c1-21(19,20)16-4-5-18-11-7-9(15)8(14)6-10(11)17-12(18)2-3-13/h6-7,16H,2-5H2,1H3. The molecule has 2 rings (SSSR count). The van der Waals surface area contributed by atoms with E-state index < -0.39 is 15.8 Å². The Morgan fingerprint density at radius 2 is 2.14 bits per heavy atom. The maximum absolute atomic E-state index is 13.6. The summed E-state index contributed by atoms with van der Waals surface area (Å²) < 4.78 is 40.0. The lowest BCUT2D eigenvalue weighted by atomic mass is 10.3. The van der Waals surface area contributed by atoms with Crippen LogP contribution < -0.4 is 4.72 Å². The van der Waals surface area contributed by atoms with E-state index in [0.717, 1.165) is 6.26 Å². The number of aryl methyl sites for hydroxylation is 1. The highest BCUT2D eigenvalue weighted by Crippen LogP contribution is 2.24. The lowest BCUT2D eigenvalue weighted by Gasteiger charge is -2.09. The molecule has 0 saturated heterocycles. The largest absolute Gasteiger partial charge is 0.327 e. The van der Waals surface area contributed by atoms with Crippen LogP contribution in [0, 0.1) is 5.82 Å². The van der Waals surface area contributed by atoms with Gasteiger partial charge in [-0.25, -0.2) is 22.5 Å². The van der Waals surface area contributed by atoms with Crippen LogP contribution in [0.15, 0.2) is 12.1 Å². The zero-order valence-corrected chi connectivity index (χ0v) is 13.6. The Morgan fingerprint density at radius 3 is 2.76 bits per heavy atom. The van der Waals surface area contributed by atoms with Crippen molar-refractivity contribution in [3.63, 3.8) is 0 Å². The maximum Gasteiger partial charge on any atom is 0.208 e. The molecule has 0 bridgehead atoms. The summed E-state index contributed by atoms with van der Waals surface area (Å²) in [5.41, 5.74) is 1.12. The van der Waals surface area contributed by atoms with E-state index in [4.69, 9.17) is 23.2 Å². The summed E-state index contributed by atoms with van der Waals surface area (Å²) >= 11 is 11.5. The highest BCUT2D eigenvalue weighted by atomic mass is 35.5. The Balaban J connectivity index is 2.38. The normalized spacial score (nSPS) is 12.2. The number of alkyl halides is 1. The average Bonchev–Trinajstić information content (AvgIpc) is 2.67. The molecule has 0 saturated carbocycles. The van der Waals surface area contributed by atoms with Crippen molar-refractivity contribution in [2.45, 2.75) is 13.0 Å². The summed E-state index contributed by atoms with van der Waals surface area (Å²) in [6.07, 6.45) is 1.58. The Hall–Kier alpha value is -0.890. The van der Waals surface area contributed by atoms with Crippen LogP contribution in [0.25, 0.3) is 11.0 Å². The molecule has 116 valence electrons. The van der Waals surface area contributed by atoms with E-state index in [1.165, 1.54) is 12.1 Å². The number of fused-ring (bicyclic) bond motifs is 1. The minimum atomic E-state index is -3.28. The minimum Gasteiger partial charge on any atom is -0.327 e. The van der Waals surface area contributed by atoms with Gasteiger partial charge in [-0.2, -0.15) is 0 Å². The molecule has 0 radical (unpaired) electrons. The lowest BCUT2D eigenvalue weighted by Crippen LogP contribution is -2.26. The molecule has 0 aliphatic rings. The fourth-order valence-corrected chi connectivity index (χ4v) is 2.83. The summed E-state index contributed by atoms with van der Waals surface area (Å²) in [6, 6.07) is 2.74. The molecule has 1 N–H and O–H groups in total. The first kappa shape index (κ1) is 16.5. The topological polar surface area (TPSA) is 64.0 Å². The highest BCUT2D eigenvalue weighted by molar-refractivity contribution is 7.88. The maximum atomic E-state index is 13.6. The molecule has 1 aromatic heterocycles. The van der Waals surface area contributed by atoms with E-state index in [1.807, 2.05) is 0 Å². The molecule has 0 aliphatic carbocycles. The Labute approximate surface area is 132 Å². The number of sulfonamides is 1. The quantitative estimate of drug-likeness (QED) is 0.809. The van der Waals surface area contributed by atoms with Crippen molar-refractivity contribution in [2.75, 3.05) is 18.7 Å². The van der Waals surface area contributed by atoms with Crippen molar-refractivity contribution in [1.82, 2.24) is 14.3 Å². The summed E-state index contributed by atoms with van der Waals surface area (Å²) in [6.45, 7) is 0.515. The summed E-state index contributed by atoms with van der Waals surface area (Å²) in [5, 5.41) is -0.00108. The van der Waals surface area contributed by atoms with Gasteiger partial charge in [0.05, 0.1) is 22.3 Å². The van der Waals surface area contributed by atoms with Gasteiger partial charge in [-0.1, -0.05) is 11.6 Å². The van der Waals surface area contributed by atoms with E-state index in [2.05, 4.69) is 9.71 Å². The monoisotopic (exact) mass is 353 g/mol. The number of benzene rings is 1. The highest BCUT2D eigenvalue weighted by Gasteiger charge is 2.13. The van der Waals surface area contributed by atoms with Gasteiger partial charge >= 0.3 is 0 Å². The Morgan fingerprint density at radius 1 is 1.43 bits per heavy atom. The van der Waals surface area contributed by atoms with Crippen LogP contribution in [0.2, 0.25) is 5.02 Å². The summed E-state index contributed by atoms with van der Waals surface area (Å²) in [5.74, 6) is 0.481. The molecule has 9 heteroatoms. The van der Waals surface area contributed by atoms with E-state index >= 15 is 0 Å². The Bertz CT molecular complexity index is 761. The summed E-state index contributed by atoms with van der Waals surface area (Å²) in [4.78, 5) is 4.37. The van der Waals surface area contributed by atoms with Gasteiger partial charge in [0.1, 0.15) is 11.6 Å². The number of halogens is 3. The van der Waals surface area contributed by atoms with Gasteiger partial charge in [-0.05, 0) is 6.07 Å². The fourth-order valence-electron chi connectivity index (χ4n) is 2.04. The summed E-state index contributed by atoms with van der Waals surface area (Å²) in [7, 11) is -3.28. The van der Waals surface area contributed by atoms with Gasteiger partial charge < -0.3 is 4.57 Å². The predicted octanol–water partition coefficient (Wildman–Crippen LogP) is 2.16. The van der Waals surface area contributed by atoms with Crippen molar-refractivity contribution in [2.24, 2.45) is 0 Å². The number of nitrogens with zero attached hydrogens (tertiary/aromatic N) is 2. The van der Waals surface area contributed by atoms with Crippen LogP contribution in [0.4, 0.5) is 4.39 Å². The van der Waals surface area contributed by atoms with Crippen LogP contribution in [0.3, 0.4) is 0 Å². The van der Waals surface area contributed by atoms with Crippen LogP contribution in [0.5, 0.6) is 0 Å². The zero-order chi connectivity index (χ0) is 15.6. The third-order valence-corrected chi connectivity index (χ3v) is 4.09. The van der Waals surface area contributed by atoms with Crippen molar-refractivity contribution < 1.29 is 12.8 Å². The molecular formula is C12H14Cl2FN3O2S. The molecule has 21 heavy (non-hydrogen) atoms. The second kappa shape index (κ2) is 6.48. The van der Waals surface area contributed by atoms with Crippen LogP contribution in [-0.2, 0) is 23.0 Å². The third-order valence-electron chi connectivity index (χ3n) is 2.89. The van der Waals surface area contributed by atoms with Crippen LogP contribution in [0.1, 0.15) is 5.82 Å². The van der Waals surface area contributed by atoms with Crippen molar-refractivity contribution in [3.8, 4) is 0 Å². The Kier molecular flexibility index (Phi) is 5.08. The minimum absolute atomic E-state index is 0.00108. The zero-order valence-electron chi connectivity index (χ0n) is 11.2. The molecule has 5 nitrogen and oxygen atoms in total. The number of rotatable bonds is 6. The van der Waals surface area contributed by atoms with E-state index in [-0.39, 0.29) is 11.6 Å². The second-order valence-corrected chi connectivity index (χ2v) is 7.16. The van der Waals surface area contributed by atoms with Crippen molar-refractivity contribution >= 4 is 44.3 Å². The third kappa shape index (κ3) is 4.06. The molecule has 0 fully saturated rings. The first-order valence-corrected chi connectivity index (χ1v) is 8.97. The van der Waals surface area contributed by atoms with Crippen LogP contribution >= 0.6 is 23.2 Å². The lowest BCUT2D eigenvalue weighted by molar-refractivity contribution is 0.577. The molecule has 1 heterocycles. The van der Waals surface area contributed by atoms with Gasteiger partial charge in [0.15, 0.2) is 0 Å². The number of hydrogen-bond donors (Lipinski definition) is 1. The molecule has 0 amide bonds. The molecule has 1 aromatic carbocycles. The molecule has 0 spiro atoms. The number of hydrogen-bond acceptors (Lipinski definition) is 3. The molecule has 2 aromatic rings. The predicted molar refractivity (Wildman–Crippen MR) is 82.0 cm³/mol. The van der Waals surface area contributed by atoms with E-state index in [0.29, 0.717) is 35.7 Å². The molecule has 0 unspecified atom stereocenters. The van der Waals surface area contributed by atoms with Gasteiger partial charge in [0.2, 0.25) is 10.0 Å². The average molecular weight is 354 g/mol. The second-order valence-electron chi connectivity index (χ2n) is 4.54. The molecule has 0 atom stereocenters. The van der Waals surface area contributed by atoms with Crippen LogP contribution in [-0.4, -0.2) is 36.6 Å². The first-order chi connectivity index (χ1) is 9.81. The van der Waals surface area contributed by atoms with Gasteiger partial charge in [0, 0.05) is 31.5 Å². The van der Waals surface area contributed by atoms with E-state index in [9.17, 15) is 12.8 Å². The SMILES string of the molecule is CS(=O)(=O)NCCn1c(CCCl)nc2cc(Cl)c(F)cc21.